The van der Waals surface area contributed by atoms with Crippen LogP contribution in [0.15, 0.2) is 24.4 Å². The monoisotopic (exact) mass is 276 g/mol. The molecule has 0 unspecified atom stereocenters. The smallest absolute Gasteiger partial charge is 0.317 e. The van der Waals surface area contributed by atoms with Crippen molar-refractivity contribution in [2.45, 2.75) is 46.1 Å². The first-order valence-corrected chi connectivity index (χ1v) is 7.48. The van der Waals surface area contributed by atoms with E-state index < -0.39 is 0 Å². The largest absolute Gasteiger partial charge is 0.618 e. The van der Waals surface area contributed by atoms with Crippen molar-refractivity contribution in [2.24, 2.45) is 17.8 Å². The number of hydrogen-bond acceptors (Lipinski definition) is 2. The number of carbonyl (C=O) groups is 1. The van der Waals surface area contributed by atoms with Gasteiger partial charge in [-0.05, 0) is 36.7 Å². The maximum absolute atomic E-state index is 12.3. The summed E-state index contributed by atoms with van der Waals surface area (Å²) in [5.74, 6) is 1.41. The van der Waals surface area contributed by atoms with Crippen LogP contribution in [0.5, 0.6) is 0 Å². The van der Waals surface area contributed by atoms with Crippen molar-refractivity contribution >= 4 is 5.91 Å². The Morgan fingerprint density at radius 1 is 1.40 bits per heavy atom. The van der Waals surface area contributed by atoms with E-state index in [0.29, 0.717) is 22.5 Å². The van der Waals surface area contributed by atoms with Crippen molar-refractivity contribution in [1.29, 1.82) is 0 Å². The molecule has 1 saturated carbocycles. The Kier molecular flexibility index (Phi) is 4.63. The zero-order valence-electron chi connectivity index (χ0n) is 12.5. The van der Waals surface area contributed by atoms with Crippen LogP contribution in [0.25, 0.3) is 0 Å². The lowest BCUT2D eigenvalue weighted by atomic mass is 9.74. The molecule has 3 atom stereocenters. The number of rotatable bonds is 3. The second kappa shape index (κ2) is 6.25. The number of carbonyl (C=O) groups excluding carboxylic acids is 1. The van der Waals surface area contributed by atoms with E-state index in [9.17, 15) is 10.0 Å². The first kappa shape index (κ1) is 14.8. The fraction of sp³-hybridized carbons (Fsp3) is 0.625. The van der Waals surface area contributed by atoms with Crippen LogP contribution in [-0.2, 0) is 0 Å². The number of pyridine rings is 1. The molecular weight excluding hydrogens is 252 g/mol. The first-order chi connectivity index (χ1) is 9.49. The van der Waals surface area contributed by atoms with Crippen molar-refractivity contribution in [1.82, 2.24) is 5.32 Å². The number of nitrogens with one attached hydrogen (secondary N) is 1. The molecule has 0 saturated heterocycles. The lowest BCUT2D eigenvalue weighted by Crippen LogP contribution is -2.48. The van der Waals surface area contributed by atoms with Crippen molar-refractivity contribution in [3.63, 3.8) is 0 Å². The minimum Gasteiger partial charge on any atom is -0.618 e. The summed E-state index contributed by atoms with van der Waals surface area (Å²) in [4.78, 5) is 12.3. The molecule has 0 aromatic carbocycles. The summed E-state index contributed by atoms with van der Waals surface area (Å²) >= 11 is 0. The molecule has 2 rings (SSSR count). The molecule has 1 N–H and O–H groups in total. The van der Waals surface area contributed by atoms with Crippen LogP contribution in [0.2, 0.25) is 0 Å². The molecular formula is C16H24N2O2. The van der Waals surface area contributed by atoms with Gasteiger partial charge in [-0.3, -0.25) is 4.79 Å². The maximum atomic E-state index is 12.3. The van der Waals surface area contributed by atoms with Crippen molar-refractivity contribution in [3.05, 3.63) is 35.3 Å². The summed E-state index contributed by atoms with van der Waals surface area (Å²) in [5.41, 5.74) is 0.174. The normalized spacial score (nSPS) is 26.5. The van der Waals surface area contributed by atoms with E-state index in [0.717, 1.165) is 12.8 Å². The number of hydrogen-bond donors (Lipinski definition) is 1. The second-order valence-electron chi connectivity index (χ2n) is 6.32. The average molecular weight is 276 g/mol. The van der Waals surface area contributed by atoms with Crippen molar-refractivity contribution in [2.75, 3.05) is 0 Å². The molecule has 4 nitrogen and oxygen atoms in total. The fourth-order valence-electron chi connectivity index (χ4n) is 3.21. The number of aromatic nitrogens is 1. The Hall–Kier alpha value is -1.58. The second-order valence-corrected chi connectivity index (χ2v) is 6.32. The van der Waals surface area contributed by atoms with Gasteiger partial charge in [-0.1, -0.05) is 27.2 Å². The molecule has 20 heavy (non-hydrogen) atoms. The predicted octanol–water partition coefficient (Wildman–Crippen LogP) is 2.51. The highest BCUT2D eigenvalue weighted by molar-refractivity contribution is 5.91. The lowest BCUT2D eigenvalue weighted by molar-refractivity contribution is -0.607. The number of nitrogens with zero attached hydrogens (tertiary/aromatic N) is 1. The van der Waals surface area contributed by atoms with E-state index in [2.05, 4.69) is 26.1 Å². The fourth-order valence-corrected chi connectivity index (χ4v) is 3.21. The minimum atomic E-state index is -0.259. The molecule has 1 heterocycles. The predicted molar refractivity (Wildman–Crippen MR) is 78.0 cm³/mol. The third-order valence-corrected chi connectivity index (χ3v) is 4.40. The van der Waals surface area contributed by atoms with E-state index in [4.69, 9.17) is 0 Å². The maximum Gasteiger partial charge on any atom is 0.317 e. The van der Waals surface area contributed by atoms with E-state index in [1.54, 1.807) is 18.2 Å². The molecule has 1 aromatic rings. The summed E-state index contributed by atoms with van der Waals surface area (Å²) in [7, 11) is 0. The van der Waals surface area contributed by atoms with Gasteiger partial charge in [-0.25, -0.2) is 0 Å². The van der Waals surface area contributed by atoms with Crippen LogP contribution in [-0.4, -0.2) is 11.9 Å². The van der Waals surface area contributed by atoms with Crippen LogP contribution in [0.1, 0.15) is 50.5 Å². The van der Waals surface area contributed by atoms with Gasteiger partial charge < -0.3 is 10.5 Å². The molecule has 1 fully saturated rings. The Morgan fingerprint density at radius 2 is 2.15 bits per heavy atom. The summed E-state index contributed by atoms with van der Waals surface area (Å²) in [6.45, 7) is 6.64. The molecule has 4 heteroatoms. The molecule has 1 amide bonds. The SMILES string of the molecule is CC(C)[C@@H]1CC[C@@H](C)C[C@@H]1NC(=O)c1cccc[n+]1[O-]. The molecule has 0 spiro atoms. The van der Waals surface area contributed by atoms with Gasteiger partial charge in [0.1, 0.15) is 0 Å². The summed E-state index contributed by atoms with van der Waals surface area (Å²) in [5, 5.41) is 14.7. The lowest BCUT2D eigenvalue weighted by Gasteiger charge is -2.37. The van der Waals surface area contributed by atoms with Crippen molar-refractivity contribution < 1.29 is 9.52 Å². The third-order valence-electron chi connectivity index (χ3n) is 4.40. The minimum absolute atomic E-state index is 0.173. The third kappa shape index (κ3) is 3.30. The zero-order chi connectivity index (χ0) is 14.7. The highest BCUT2D eigenvalue weighted by atomic mass is 16.5. The van der Waals surface area contributed by atoms with Gasteiger partial charge in [0.15, 0.2) is 6.20 Å². The van der Waals surface area contributed by atoms with Gasteiger partial charge in [0, 0.05) is 18.2 Å². The summed E-state index contributed by atoms with van der Waals surface area (Å²) < 4.78 is 0.631. The molecule has 0 aliphatic heterocycles. The van der Waals surface area contributed by atoms with E-state index in [1.165, 1.54) is 12.6 Å². The average Bonchev–Trinajstić information content (AvgIpc) is 2.38. The van der Waals surface area contributed by atoms with Crippen LogP contribution in [0.3, 0.4) is 0 Å². The Balaban J connectivity index is 2.10. The Labute approximate surface area is 120 Å². The highest BCUT2D eigenvalue weighted by Gasteiger charge is 2.32. The summed E-state index contributed by atoms with van der Waals surface area (Å²) in [6.07, 6.45) is 4.73. The van der Waals surface area contributed by atoms with Gasteiger partial charge in [-0.15, -0.1) is 0 Å². The standard InChI is InChI=1S/C16H24N2O2/c1-11(2)13-8-7-12(3)10-14(13)17-16(19)15-6-4-5-9-18(15)20/h4-6,9,11-14H,7-8,10H2,1-3H3,(H,17,19)/t12-,13+,14+/m1/s1. The molecule has 1 aliphatic carbocycles. The number of amides is 1. The van der Waals surface area contributed by atoms with Crippen molar-refractivity contribution in [3.8, 4) is 0 Å². The first-order valence-electron chi connectivity index (χ1n) is 7.48. The van der Waals surface area contributed by atoms with Crippen LogP contribution >= 0.6 is 0 Å². The van der Waals surface area contributed by atoms with E-state index >= 15 is 0 Å². The Morgan fingerprint density at radius 3 is 2.80 bits per heavy atom. The highest BCUT2D eigenvalue weighted by Crippen LogP contribution is 2.33. The topological polar surface area (TPSA) is 56.0 Å². The molecule has 1 aromatic heterocycles. The Bertz CT molecular complexity index is 473. The summed E-state index contributed by atoms with van der Waals surface area (Å²) in [6, 6.07) is 5.08. The van der Waals surface area contributed by atoms with E-state index in [1.807, 2.05) is 0 Å². The van der Waals surface area contributed by atoms with Crippen LogP contribution < -0.4 is 10.0 Å². The van der Waals surface area contributed by atoms with Crippen LogP contribution in [0, 0.1) is 23.0 Å². The van der Waals surface area contributed by atoms with Crippen LogP contribution in [0.4, 0.5) is 0 Å². The van der Waals surface area contributed by atoms with Gasteiger partial charge in [0.25, 0.3) is 5.69 Å². The van der Waals surface area contributed by atoms with Gasteiger partial charge in [-0.2, -0.15) is 4.73 Å². The van der Waals surface area contributed by atoms with Gasteiger partial charge >= 0.3 is 5.91 Å². The van der Waals surface area contributed by atoms with Gasteiger partial charge in [0.05, 0.1) is 0 Å². The molecule has 0 bridgehead atoms. The van der Waals surface area contributed by atoms with E-state index in [-0.39, 0.29) is 17.6 Å². The molecule has 110 valence electrons. The quantitative estimate of drug-likeness (QED) is 0.681. The molecule has 0 radical (unpaired) electrons. The zero-order valence-corrected chi connectivity index (χ0v) is 12.5. The van der Waals surface area contributed by atoms with Gasteiger partial charge in [0.2, 0.25) is 0 Å². The molecule has 1 aliphatic rings.